The summed E-state index contributed by atoms with van der Waals surface area (Å²) in [6, 6.07) is 5.57. The van der Waals surface area contributed by atoms with Gasteiger partial charge < -0.3 is 14.8 Å². The molecular formula is C14H17FN2O4. The van der Waals surface area contributed by atoms with Gasteiger partial charge in [-0.15, -0.1) is 0 Å². The molecule has 0 saturated carbocycles. The Morgan fingerprint density at radius 1 is 1.48 bits per heavy atom. The van der Waals surface area contributed by atoms with Crippen molar-refractivity contribution < 1.29 is 23.5 Å². The average molecular weight is 296 g/mol. The summed E-state index contributed by atoms with van der Waals surface area (Å²) < 4.78 is 23.0. The van der Waals surface area contributed by atoms with Crippen LogP contribution in [0, 0.1) is 5.82 Å². The molecule has 2 rings (SSSR count). The number of halogens is 1. The quantitative estimate of drug-likeness (QED) is 0.859. The SMILES string of the molecule is CCOCC(=O)NC[C@@H]1CN(c2ccc(F)cc2)C(=O)O1. The van der Waals surface area contributed by atoms with E-state index in [0.717, 1.165) is 0 Å². The van der Waals surface area contributed by atoms with E-state index in [9.17, 15) is 14.0 Å². The molecular weight excluding hydrogens is 279 g/mol. The number of carbonyl (C=O) groups excluding carboxylic acids is 2. The Bertz CT molecular complexity index is 506. The van der Waals surface area contributed by atoms with E-state index in [1.54, 1.807) is 6.92 Å². The molecule has 1 heterocycles. The zero-order chi connectivity index (χ0) is 15.2. The molecule has 7 heteroatoms. The molecule has 0 bridgehead atoms. The van der Waals surface area contributed by atoms with Gasteiger partial charge in [0.15, 0.2) is 0 Å². The van der Waals surface area contributed by atoms with E-state index in [2.05, 4.69) is 5.32 Å². The molecule has 1 N–H and O–H groups in total. The van der Waals surface area contributed by atoms with Crippen molar-refractivity contribution in [1.29, 1.82) is 0 Å². The molecule has 1 fully saturated rings. The van der Waals surface area contributed by atoms with Gasteiger partial charge >= 0.3 is 6.09 Å². The second kappa shape index (κ2) is 7.03. The summed E-state index contributed by atoms with van der Waals surface area (Å²) in [6.07, 6.45) is -0.946. The third-order valence-corrected chi connectivity index (χ3v) is 2.98. The van der Waals surface area contributed by atoms with Gasteiger partial charge in [-0.25, -0.2) is 9.18 Å². The van der Waals surface area contributed by atoms with Crippen LogP contribution in [0.2, 0.25) is 0 Å². The molecule has 1 aromatic carbocycles. The van der Waals surface area contributed by atoms with Crippen LogP contribution < -0.4 is 10.2 Å². The van der Waals surface area contributed by atoms with Crippen molar-refractivity contribution in [3.8, 4) is 0 Å². The maximum absolute atomic E-state index is 12.9. The molecule has 1 aromatic rings. The van der Waals surface area contributed by atoms with Crippen LogP contribution >= 0.6 is 0 Å². The number of benzene rings is 1. The first-order valence-corrected chi connectivity index (χ1v) is 6.68. The summed E-state index contributed by atoms with van der Waals surface area (Å²) in [6.45, 7) is 2.77. The van der Waals surface area contributed by atoms with Gasteiger partial charge in [0.2, 0.25) is 5.91 Å². The zero-order valence-corrected chi connectivity index (χ0v) is 11.7. The standard InChI is InChI=1S/C14H17FN2O4/c1-2-20-9-13(18)16-7-12-8-17(14(19)21-12)11-5-3-10(15)4-6-11/h3-6,12H,2,7-9H2,1H3,(H,16,18)/t12-/m1/s1. The fourth-order valence-electron chi connectivity index (χ4n) is 1.93. The molecule has 1 saturated heterocycles. The van der Waals surface area contributed by atoms with Crippen molar-refractivity contribution in [1.82, 2.24) is 5.32 Å². The first kappa shape index (κ1) is 15.2. The molecule has 0 radical (unpaired) electrons. The number of hydrogen-bond donors (Lipinski definition) is 1. The molecule has 2 amide bonds. The van der Waals surface area contributed by atoms with Crippen LogP contribution in [-0.2, 0) is 14.3 Å². The monoisotopic (exact) mass is 296 g/mol. The van der Waals surface area contributed by atoms with Crippen LogP contribution in [0.5, 0.6) is 0 Å². The Hall–Kier alpha value is -2.15. The fourth-order valence-corrected chi connectivity index (χ4v) is 1.93. The number of anilines is 1. The van der Waals surface area contributed by atoms with E-state index in [1.807, 2.05) is 0 Å². The molecule has 6 nitrogen and oxygen atoms in total. The summed E-state index contributed by atoms with van der Waals surface area (Å²) in [7, 11) is 0. The van der Waals surface area contributed by atoms with Gasteiger partial charge in [0.1, 0.15) is 18.5 Å². The second-order valence-electron chi connectivity index (χ2n) is 4.53. The lowest BCUT2D eigenvalue weighted by Gasteiger charge is -2.13. The maximum Gasteiger partial charge on any atom is 0.414 e. The molecule has 1 atom stereocenters. The van der Waals surface area contributed by atoms with Crippen molar-refractivity contribution in [2.24, 2.45) is 0 Å². The summed E-state index contributed by atoms with van der Waals surface area (Å²) in [5.41, 5.74) is 0.560. The largest absolute Gasteiger partial charge is 0.442 e. The minimum absolute atomic E-state index is 0.0150. The van der Waals surface area contributed by atoms with E-state index in [-0.39, 0.29) is 24.9 Å². The molecule has 0 spiro atoms. The Morgan fingerprint density at radius 3 is 2.86 bits per heavy atom. The van der Waals surface area contributed by atoms with Crippen LogP contribution in [0.3, 0.4) is 0 Å². The zero-order valence-electron chi connectivity index (χ0n) is 11.7. The highest BCUT2D eigenvalue weighted by Gasteiger charge is 2.32. The van der Waals surface area contributed by atoms with E-state index in [4.69, 9.17) is 9.47 Å². The Kier molecular flexibility index (Phi) is 5.10. The molecule has 0 aromatic heterocycles. The third kappa shape index (κ3) is 4.16. The topological polar surface area (TPSA) is 67.9 Å². The van der Waals surface area contributed by atoms with Gasteiger partial charge in [0, 0.05) is 12.3 Å². The first-order chi connectivity index (χ1) is 10.1. The lowest BCUT2D eigenvalue weighted by molar-refractivity contribution is -0.125. The van der Waals surface area contributed by atoms with Crippen LogP contribution in [0.4, 0.5) is 14.9 Å². The summed E-state index contributed by atoms with van der Waals surface area (Å²) >= 11 is 0. The van der Waals surface area contributed by atoms with Gasteiger partial charge in [-0.1, -0.05) is 0 Å². The third-order valence-electron chi connectivity index (χ3n) is 2.98. The predicted octanol–water partition coefficient (Wildman–Crippen LogP) is 1.30. The summed E-state index contributed by atoms with van der Waals surface area (Å²) in [5, 5.41) is 2.63. The number of amides is 2. The first-order valence-electron chi connectivity index (χ1n) is 6.68. The van der Waals surface area contributed by atoms with Crippen LogP contribution in [0.15, 0.2) is 24.3 Å². The Morgan fingerprint density at radius 2 is 2.19 bits per heavy atom. The Labute approximate surface area is 121 Å². The van der Waals surface area contributed by atoms with E-state index in [1.165, 1.54) is 29.2 Å². The lowest BCUT2D eigenvalue weighted by atomic mass is 10.2. The Balaban J connectivity index is 1.85. The number of cyclic esters (lactones) is 1. The molecule has 1 aliphatic rings. The average Bonchev–Trinajstić information content (AvgIpc) is 2.85. The van der Waals surface area contributed by atoms with E-state index >= 15 is 0 Å². The minimum atomic E-state index is -0.509. The molecule has 114 valence electrons. The fraction of sp³-hybridized carbons (Fsp3) is 0.429. The highest BCUT2D eigenvalue weighted by Crippen LogP contribution is 2.21. The van der Waals surface area contributed by atoms with Crippen LogP contribution in [-0.4, -0.2) is 44.4 Å². The molecule has 0 aliphatic carbocycles. The number of rotatable bonds is 6. The number of carbonyl (C=O) groups is 2. The van der Waals surface area contributed by atoms with Gasteiger partial charge in [0.25, 0.3) is 0 Å². The second-order valence-corrected chi connectivity index (χ2v) is 4.53. The molecule has 0 unspecified atom stereocenters. The van der Waals surface area contributed by atoms with Gasteiger partial charge in [-0.2, -0.15) is 0 Å². The maximum atomic E-state index is 12.9. The van der Waals surface area contributed by atoms with Gasteiger partial charge in [0.05, 0.1) is 13.1 Å². The van der Waals surface area contributed by atoms with Crippen molar-refractivity contribution in [2.45, 2.75) is 13.0 Å². The van der Waals surface area contributed by atoms with Crippen LogP contribution in [0.25, 0.3) is 0 Å². The normalized spacial score (nSPS) is 17.7. The summed E-state index contributed by atoms with van der Waals surface area (Å²) in [5.74, 6) is -0.626. The number of nitrogens with one attached hydrogen (secondary N) is 1. The number of ether oxygens (including phenoxy) is 2. The number of hydrogen-bond acceptors (Lipinski definition) is 4. The van der Waals surface area contributed by atoms with Gasteiger partial charge in [-0.3, -0.25) is 9.69 Å². The van der Waals surface area contributed by atoms with Crippen molar-refractivity contribution in [2.75, 3.05) is 31.2 Å². The van der Waals surface area contributed by atoms with Gasteiger partial charge in [-0.05, 0) is 31.2 Å². The highest BCUT2D eigenvalue weighted by molar-refractivity contribution is 5.89. The smallest absolute Gasteiger partial charge is 0.414 e. The van der Waals surface area contributed by atoms with E-state index in [0.29, 0.717) is 18.8 Å². The predicted molar refractivity (Wildman–Crippen MR) is 73.5 cm³/mol. The van der Waals surface area contributed by atoms with Crippen molar-refractivity contribution >= 4 is 17.7 Å². The van der Waals surface area contributed by atoms with Crippen LogP contribution in [0.1, 0.15) is 6.92 Å². The summed E-state index contributed by atoms with van der Waals surface area (Å²) in [4.78, 5) is 24.6. The van der Waals surface area contributed by atoms with Crippen molar-refractivity contribution in [3.63, 3.8) is 0 Å². The molecule has 21 heavy (non-hydrogen) atoms. The lowest BCUT2D eigenvalue weighted by Crippen LogP contribution is -2.36. The minimum Gasteiger partial charge on any atom is -0.442 e. The van der Waals surface area contributed by atoms with E-state index < -0.39 is 12.2 Å². The number of nitrogens with zero attached hydrogens (tertiary/aromatic N) is 1. The van der Waals surface area contributed by atoms with Crippen molar-refractivity contribution in [3.05, 3.63) is 30.1 Å². The molecule has 1 aliphatic heterocycles. The highest BCUT2D eigenvalue weighted by atomic mass is 19.1.